The Morgan fingerprint density at radius 2 is 2.05 bits per heavy atom. The molecule has 1 aromatic rings. The molecule has 2 saturated carbocycles. The highest BCUT2D eigenvalue weighted by molar-refractivity contribution is 8.13. The minimum atomic E-state index is -3.82. The SMILES string of the molecule is Cc1ccc(S(=O)(=O)Cl)cc1C(=O)NC1CC2CCC1C2. The highest BCUT2D eigenvalue weighted by Gasteiger charge is 2.40. The van der Waals surface area contributed by atoms with Crippen molar-refractivity contribution in [1.82, 2.24) is 5.32 Å². The van der Waals surface area contributed by atoms with Gasteiger partial charge in [0, 0.05) is 22.3 Å². The van der Waals surface area contributed by atoms with Crippen LogP contribution in [-0.2, 0) is 9.05 Å². The number of benzene rings is 1. The van der Waals surface area contributed by atoms with Gasteiger partial charge in [-0.05, 0) is 55.7 Å². The van der Waals surface area contributed by atoms with Crippen LogP contribution < -0.4 is 5.32 Å². The summed E-state index contributed by atoms with van der Waals surface area (Å²) in [5, 5.41) is 3.07. The summed E-state index contributed by atoms with van der Waals surface area (Å²) >= 11 is 0. The number of amides is 1. The van der Waals surface area contributed by atoms with E-state index >= 15 is 0 Å². The smallest absolute Gasteiger partial charge is 0.261 e. The predicted octanol–water partition coefficient (Wildman–Crippen LogP) is 2.84. The standard InChI is InChI=1S/C15H18ClNO3S/c1-9-2-5-12(21(16,19)20)8-13(9)15(18)17-14-7-10-3-4-11(14)6-10/h2,5,8,10-11,14H,3-4,6-7H2,1H3,(H,17,18). The lowest BCUT2D eigenvalue weighted by Gasteiger charge is -2.23. The first-order valence-electron chi connectivity index (χ1n) is 7.21. The molecule has 3 unspecified atom stereocenters. The number of hydrogen-bond acceptors (Lipinski definition) is 3. The zero-order chi connectivity index (χ0) is 15.2. The van der Waals surface area contributed by atoms with Gasteiger partial charge in [0.2, 0.25) is 0 Å². The average Bonchev–Trinajstić information content (AvgIpc) is 2.99. The van der Waals surface area contributed by atoms with Crippen molar-refractivity contribution < 1.29 is 13.2 Å². The van der Waals surface area contributed by atoms with Gasteiger partial charge in [-0.2, -0.15) is 0 Å². The largest absolute Gasteiger partial charge is 0.349 e. The van der Waals surface area contributed by atoms with Crippen LogP contribution in [0, 0.1) is 18.8 Å². The van der Waals surface area contributed by atoms with Gasteiger partial charge in [-0.25, -0.2) is 8.42 Å². The van der Waals surface area contributed by atoms with E-state index in [0.717, 1.165) is 17.9 Å². The van der Waals surface area contributed by atoms with Gasteiger partial charge in [0.05, 0.1) is 4.90 Å². The second kappa shape index (κ2) is 5.29. The van der Waals surface area contributed by atoms with Gasteiger partial charge >= 0.3 is 0 Å². The Bertz CT molecular complexity index is 686. The molecule has 0 aliphatic heterocycles. The first-order valence-corrected chi connectivity index (χ1v) is 9.51. The number of aryl methyl sites for hydroxylation is 1. The Morgan fingerprint density at radius 1 is 1.29 bits per heavy atom. The molecule has 3 atom stereocenters. The lowest BCUT2D eigenvalue weighted by molar-refractivity contribution is 0.0922. The summed E-state index contributed by atoms with van der Waals surface area (Å²) in [5.74, 6) is 1.13. The molecule has 2 fully saturated rings. The third-order valence-corrected chi connectivity index (χ3v) is 6.14. The molecular weight excluding hydrogens is 310 g/mol. The zero-order valence-corrected chi connectivity index (χ0v) is 13.4. The van der Waals surface area contributed by atoms with E-state index in [2.05, 4.69) is 5.32 Å². The van der Waals surface area contributed by atoms with Crippen LogP contribution in [0.1, 0.15) is 41.6 Å². The summed E-state index contributed by atoms with van der Waals surface area (Å²) in [7, 11) is 1.53. The third-order valence-electron chi connectivity index (χ3n) is 4.79. The van der Waals surface area contributed by atoms with E-state index in [1.807, 2.05) is 0 Å². The fourth-order valence-electron chi connectivity index (χ4n) is 3.67. The molecule has 0 heterocycles. The molecule has 2 aliphatic carbocycles. The fraction of sp³-hybridized carbons (Fsp3) is 0.533. The Labute approximate surface area is 129 Å². The summed E-state index contributed by atoms with van der Waals surface area (Å²) in [4.78, 5) is 12.4. The average molecular weight is 328 g/mol. The maximum Gasteiger partial charge on any atom is 0.261 e. The number of carbonyl (C=O) groups is 1. The maximum atomic E-state index is 12.4. The molecule has 0 radical (unpaired) electrons. The van der Waals surface area contributed by atoms with Crippen molar-refractivity contribution in [2.45, 2.75) is 43.5 Å². The Morgan fingerprint density at radius 3 is 2.62 bits per heavy atom. The summed E-state index contributed by atoms with van der Waals surface area (Å²) in [6.07, 6.45) is 4.71. The lowest BCUT2D eigenvalue weighted by Crippen LogP contribution is -2.38. The summed E-state index contributed by atoms with van der Waals surface area (Å²) < 4.78 is 22.8. The van der Waals surface area contributed by atoms with E-state index in [1.165, 1.54) is 31.4 Å². The topological polar surface area (TPSA) is 63.2 Å². The third kappa shape index (κ3) is 2.94. The number of fused-ring (bicyclic) bond motifs is 2. The van der Waals surface area contributed by atoms with Gasteiger partial charge < -0.3 is 5.32 Å². The minimum Gasteiger partial charge on any atom is -0.349 e. The molecule has 1 N–H and O–H groups in total. The van der Waals surface area contributed by atoms with E-state index in [9.17, 15) is 13.2 Å². The molecule has 6 heteroatoms. The molecule has 0 spiro atoms. The van der Waals surface area contributed by atoms with Crippen molar-refractivity contribution >= 4 is 25.6 Å². The van der Waals surface area contributed by atoms with Crippen molar-refractivity contribution in [2.24, 2.45) is 11.8 Å². The molecule has 0 aromatic heterocycles. The number of halogens is 1. The summed E-state index contributed by atoms with van der Waals surface area (Å²) in [5.41, 5.74) is 1.14. The van der Waals surface area contributed by atoms with Crippen LogP contribution in [0.2, 0.25) is 0 Å². The molecule has 1 amide bonds. The Kier molecular flexibility index (Phi) is 3.74. The molecular formula is C15H18ClNO3S. The zero-order valence-electron chi connectivity index (χ0n) is 11.8. The number of nitrogens with one attached hydrogen (secondary N) is 1. The van der Waals surface area contributed by atoms with Crippen molar-refractivity contribution in [2.75, 3.05) is 0 Å². The van der Waals surface area contributed by atoms with Crippen molar-refractivity contribution in [1.29, 1.82) is 0 Å². The van der Waals surface area contributed by atoms with E-state index in [-0.39, 0.29) is 16.8 Å². The van der Waals surface area contributed by atoms with E-state index in [1.54, 1.807) is 13.0 Å². The van der Waals surface area contributed by atoms with E-state index < -0.39 is 9.05 Å². The molecule has 2 aliphatic rings. The quantitative estimate of drug-likeness (QED) is 0.868. The first-order chi connectivity index (χ1) is 9.84. The predicted molar refractivity (Wildman–Crippen MR) is 80.9 cm³/mol. The first kappa shape index (κ1) is 14.9. The molecule has 21 heavy (non-hydrogen) atoms. The van der Waals surface area contributed by atoms with Gasteiger partial charge in [0.25, 0.3) is 15.0 Å². The Balaban J connectivity index is 1.81. The minimum absolute atomic E-state index is 0.0344. The monoisotopic (exact) mass is 327 g/mol. The van der Waals surface area contributed by atoms with Gasteiger partial charge in [0.15, 0.2) is 0 Å². The van der Waals surface area contributed by atoms with Gasteiger partial charge in [-0.3, -0.25) is 4.79 Å². The van der Waals surface area contributed by atoms with Crippen LogP contribution in [-0.4, -0.2) is 20.4 Å². The molecule has 1 aromatic carbocycles. The van der Waals surface area contributed by atoms with Crippen LogP contribution in [0.25, 0.3) is 0 Å². The number of rotatable bonds is 3. The van der Waals surface area contributed by atoms with Gasteiger partial charge in [-0.1, -0.05) is 12.5 Å². The van der Waals surface area contributed by atoms with Crippen molar-refractivity contribution in [3.63, 3.8) is 0 Å². The highest BCUT2D eigenvalue weighted by Crippen LogP contribution is 2.44. The van der Waals surface area contributed by atoms with Crippen LogP contribution in [0.4, 0.5) is 0 Å². The normalized spacial score (nSPS) is 27.8. The number of carbonyl (C=O) groups excluding carboxylic acids is 1. The Hall–Kier alpha value is -1.07. The second-order valence-electron chi connectivity index (χ2n) is 6.17. The van der Waals surface area contributed by atoms with Crippen LogP contribution >= 0.6 is 10.7 Å². The van der Waals surface area contributed by atoms with Crippen LogP contribution in [0.5, 0.6) is 0 Å². The van der Waals surface area contributed by atoms with Crippen molar-refractivity contribution in [3.8, 4) is 0 Å². The maximum absolute atomic E-state index is 12.4. The molecule has 2 bridgehead atoms. The van der Waals surface area contributed by atoms with Gasteiger partial charge in [0.1, 0.15) is 0 Å². The van der Waals surface area contributed by atoms with E-state index in [4.69, 9.17) is 10.7 Å². The van der Waals surface area contributed by atoms with E-state index in [0.29, 0.717) is 11.5 Å². The van der Waals surface area contributed by atoms with Crippen LogP contribution in [0.3, 0.4) is 0 Å². The summed E-state index contributed by atoms with van der Waals surface area (Å²) in [6, 6.07) is 4.63. The van der Waals surface area contributed by atoms with Crippen LogP contribution in [0.15, 0.2) is 23.1 Å². The van der Waals surface area contributed by atoms with Crippen molar-refractivity contribution in [3.05, 3.63) is 29.3 Å². The molecule has 114 valence electrons. The number of hydrogen-bond donors (Lipinski definition) is 1. The molecule has 4 nitrogen and oxygen atoms in total. The highest BCUT2D eigenvalue weighted by atomic mass is 35.7. The fourth-order valence-corrected chi connectivity index (χ4v) is 4.44. The second-order valence-corrected chi connectivity index (χ2v) is 8.74. The van der Waals surface area contributed by atoms with Gasteiger partial charge in [-0.15, -0.1) is 0 Å². The molecule has 3 rings (SSSR count). The lowest BCUT2D eigenvalue weighted by atomic mass is 9.95. The summed E-state index contributed by atoms with van der Waals surface area (Å²) in [6.45, 7) is 1.79. The molecule has 0 saturated heterocycles.